The average Bonchev–Trinajstić information content (AvgIpc) is 2.49. The van der Waals surface area contributed by atoms with Crippen LogP contribution in [0.25, 0.3) is 0 Å². The van der Waals surface area contributed by atoms with E-state index in [9.17, 15) is 9.59 Å². The Morgan fingerprint density at radius 1 is 1.73 bits per heavy atom. The van der Waals surface area contributed by atoms with Crippen molar-refractivity contribution in [2.45, 2.75) is 25.8 Å². The lowest BCUT2D eigenvalue weighted by atomic mass is 10.2. The molecular formula is C10H16N2O2S. The van der Waals surface area contributed by atoms with Gasteiger partial charge in [-0.05, 0) is 18.2 Å². The Balaban J connectivity index is 2.76. The van der Waals surface area contributed by atoms with E-state index in [1.165, 1.54) is 4.90 Å². The maximum atomic E-state index is 11.6. The Morgan fingerprint density at radius 3 is 2.87 bits per heavy atom. The zero-order valence-corrected chi connectivity index (χ0v) is 9.84. The molecular weight excluding hydrogens is 212 g/mol. The number of carbonyl (C=O) groups is 2. The monoisotopic (exact) mass is 228 g/mol. The normalized spacial score (nSPS) is 17.9. The lowest BCUT2D eigenvalue weighted by Crippen LogP contribution is -2.42. The van der Waals surface area contributed by atoms with Crippen LogP contribution in [-0.2, 0) is 9.59 Å². The summed E-state index contributed by atoms with van der Waals surface area (Å²) in [5.74, 6) is 0.370. The first-order valence-electron chi connectivity index (χ1n) is 4.89. The zero-order valence-electron chi connectivity index (χ0n) is 9.03. The van der Waals surface area contributed by atoms with Gasteiger partial charge in [-0.25, -0.2) is 0 Å². The Labute approximate surface area is 93.9 Å². The van der Waals surface area contributed by atoms with Gasteiger partial charge in [0.05, 0.1) is 6.42 Å². The molecule has 0 radical (unpaired) electrons. The van der Waals surface area contributed by atoms with Crippen molar-refractivity contribution in [1.29, 1.82) is 0 Å². The maximum Gasteiger partial charge on any atom is 0.240 e. The van der Waals surface area contributed by atoms with Gasteiger partial charge >= 0.3 is 0 Å². The molecule has 0 fully saturated rings. The third-order valence-corrected chi connectivity index (χ3v) is 3.03. The van der Waals surface area contributed by atoms with Crippen LogP contribution in [0, 0.1) is 0 Å². The first kappa shape index (κ1) is 12.1. The molecule has 0 saturated heterocycles. The van der Waals surface area contributed by atoms with Gasteiger partial charge in [0.1, 0.15) is 6.04 Å². The van der Waals surface area contributed by atoms with E-state index >= 15 is 0 Å². The van der Waals surface area contributed by atoms with Crippen LogP contribution in [0.3, 0.4) is 0 Å². The van der Waals surface area contributed by atoms with E-state index in [4.69, 9.17) is 5.73 Å². The topological polar surface area (TPSA) is 63.4 Å². The summed E-state index contributed by atoms with van der Waals surface area (Å²) in [6.07, 6.45) is 4.74. The van der Waals surface area contributed by atoms with Crippen LogP contribution < -0.4 is 5.73 Å². The molecule has 1 rings (SSSR count). The molecule has 0 bridgehead atoms. The average molecular weight is 228 g/mol. The van der Waals surface area contributed by atoms with Crippen molar-refractivity contribution in [1.82, 2.24) is 4.90 Å². The number of nitrogens with two attached hydrogens (primary N) is 1. The lowest BCUT2D eigenvalue weighted by Gasteiger charge is -2.21. The van der Waals surface area contributed by atoms with E-state index in [0.29, 0.717) is 12.8 Å². The van der Waals surface area contributed by atoms with Crippen LogP contribution in [0.4, 0.5) is 0 Å². The summed E-state index contributed by atoms with van der Waals surface area (Å²) < 4.78 is 0. The van der Waals surface area contributed by atoms with E-state index in [1.54, 1.807) is 18.0 Å². The molecule has 84 valence electrons. The zero-order chi connectivity index (χ0) is 11.4. The Morgan fingerprint density at radius 2 is 2.40 bits per heavy atom. The molecule has 0 saturated carbocycles. The molecule has 1 atom stereocenters. The summed E-state index contributed by atoms with van der Waals surface area (Å²) in [5.41, 5.74) is 6.30. The van der Waals surface area contributed by atoms with Gasteiger partial charge < -0.3 is 10.6 Å². The van der Waals surface area contributed by atoms with Crippen LogP contribution in [0.15, 0.2) is 11.8 Å². The number of rotatable bonds is 5. The standard InChI is InChI=1S/C10H16N2O2S/c1-3-8(10(11)14)12-5-7(6-15-2)4-9(12)13/h5,8H,3-4,6H2,1-2H3,(H2,11,14)/t8-/m0/s1. The predicted molar refractivity (Wildman–Crippen MR) is 61.2 cm³/mol. The van der Waals surface area contributed by atoms with Gasteiger partial charge in [0.25, 0.3) is 0 Å². The van der Waals surface area contributed by atoms with Crippen molar-refractivity contribution in [3.8, 4) is 0 Å². The number of carbonyl (C=O) groups excluding carboxylic acids is 2. The fraction of sp³-hybridized carbons (Fsp3) is 0.600. The molecule has 0 aromatic rings. The van der Waals surface area contributed by atoms with Crippen LogP contribution in [0.5, 0.6) is 0 Å². The second-order valence-corrected chi connectivity index (χ2v) is 4.39. The molecule has 1 aliphatic rings. The van der Waals surface area contributed by atoms with Crippen molar-refractivity contribution in [3.63, 3.8) is 0 Å². The maximum absolute atomic E-state index is 11.6. The SMILES string of the molecule is CC[C@@H](C(N)=O)N1C=C(CSC)CC1=O. The van der Waals surface area contributed by atoms with Gasteiger partial charge in [-0.1, -0.05) is 6.92 Å². The van der Waals surface area contributed by atoms with Gasteiger partial charge in [-0.2, -0.15) is 11.8 Å². The van der Waals surface area contributed by atoms with Gasteiger partial charge in [0.2, 0.25) is 11.8 Å². The molecule has 1 heterocycles. The van der Waals surface area contributed by atoms with Crippen LogP contribution >= 0.6 is 11.8 Å². The van der Waals surface area contributed by atoms with Crippen LogP contribution in [0.1, 0.15) is 19.8 Å². The van der Waals surface area contributed by atoms with E-state index in [2.05, 4.69) is 0 Å². The molecule has 15 heavy (non-hydrogen) atoms. The molecule has 0 spiro atoms. The van der Waals surface area contributed by atoms with Crippen LogP contribution in [0.2, 0.25) is 0 Å². The van der Waals surface area contributed by atoms with Gasteiger partial charge in [0.15, 0.2) is 0 Å². The summed E-state index contributed by atoms with van der Waals surface area (Å²) in [5, 5.41) is 0. The predicted octanol–water partition coefficient (Wildman–Crippen LogP) is 0.729. The van der Waals surface area contributed by atoms with Gasteiger partial charge in [-0.15, -0.1) is 0 Å². The summed E-state index contributed by atoms with van der Waals surface area (Å²) in [6, 6.07) is -0.489. The Bertz CT molecular complexity index is 302. The minimum atomic E-state index is -0.489. The fourth-order valence-corrected chi connectivity index (χ4v) is 2.22. The molecule has 0 aliphatic carbocycles. The minimum Gasteiger partial charge on any atom is -0.368 e. The fourth-order valence-electron chi connectivity index (χ4n) is 1.67. The van der Waals surface area contributed by atoms with Crippen molar-refractivity contribution in [3.05, 3.63) is 11.8 Å². The summed E-state index contributed by atoms with van der Waals surface area (Å²) in [6.45, 7) is 1.85. The second-order valence-electron chi connectivity index (χ2n) is 3.52. The summed E-state index contributed by atoms with van der Waals surface area (Å²) >= 11 is 1.67. The smallest absolute Gasteiger partial charge is 0.240 e. The molecule has 2 amide bonds. The van der Waals surface area contributed by atoms with Crippen LogP contribution in [-0.4, -0.2) is 34.8 Å². The number of thioether (sulfide) groups is 1. The van der Waals surface area contributed by atoms with Crippen molar-refractivity contribution >= 4 is 23.6 Å². The van der Waals surface area contributed by atoms with E-state index in [1.807, 2.05) is 13.2 Å². The first-order valence-corrected chi connectivity index (χ1v) is 6.28. The Hall–Kier alpha value is -0.970. The third kappa shape index (κ3) is 2.75. The largest absolute Gasteiger partial charge is 0.368 e. The highest BCUT2D eigenvalue weighted by molar-refractivity contribution is 7.98. The molecule has 4 nitrogen and oxygen atoms in total. The Kier molecular flexibility index (Phi) is 4.20. The molecule has 0 aromatic carbocycles. The van der Waals surface area contributed by atoms with Crippen molar-refractivity contribution in [2.75, 3.05) is 12.0 Å². The number of primary amides is 1. The lowest BCUT2D eigenvalue weighted by molar-refractivity contribution is -0.134. The highest BCUT2D eigenvalue weighted by Crippen LogP contribution is 2.22. The van der Waals surface area contributed by atoms with E-state index in [0.717, 1.165) is 11.3 Å². The van der Waals surface area contributed by atoms with Gasteiger partial charge in [0, 0.05) is 12.0 Å². The highest BCUT2D eigenvalue weighted by Gasteiger charge is 2.30. The molecule has 2 N–H and O–H groups in total. The third-order valence-electron chi connectivity index (χ3n) is 2.37. The molecule has 0 unspecified atom stereocenters. The molecule has 0 aromatic heterocycles. The second kappa shape index (κ2) is 5.21. The van der Waals surface area contributed by atoms with Crippen molar-refractivity contribution < 1.29 is 9.59 Å². The minimum absolute atomic E-state index is 0.0234. The molecule has 1 aliphatic heterocycles. The molecule has 5 heteroatoms. The van der Waals surface area contributed by atoms with E-state index < -0.39 is 11.9 Å². The van der Waals surface area contributed by atoms with Gasteiger partial charge in [-0.3, -0.25) is 9.59 Å². The summed E-state index contributed by atoms with van der Waals surface area (Å²) in [7, 11) is 0. The number of nitrogens with zero attached hydrogens (tertiary/aromatic N) is 1. The van der Waals surface area contributed by atoms with E-state index in [-0.39, 0.29) is 5.91 Å². The summed E-state index contributed by atoms with van der Waals surface area (Å²) in [4.78, 5) is 24.2. The number of amides is 2. The van der Waals surface area contributed by atoms with Crippen molar-refractivity contribution in [2.24, 2.45) is 5.73 Å². The quantitative estimate of drug-likeness (QED) is 0.754. The highest BCUT2D eigenvalue weighted by atomic mass is 32.2. The number of hydrogen-bond donors (Lipinski definition) is 1. The first-order chi connectivity index (χ1) is 7.10. The number of hydrogen-bond acceptors (Lipinski definition) is 3.